The van der Waals surface area contributed by atoms with E-state index < -0.39 is 11.7 Å². The van der Waals surface area contributed by atoms with Gasteiger partial charge in [0.05, 0.1) is 17.7 Å². The molecule has 1 N–H and O–H groups in total. The number of alkyl halides is 3. The first kappa shape index (κ1) is 21.5. The minimum atomic E-state index is -4.57. The number of benzene rings is 2. The number of methoxy groups -OCH3 is 1. The van der Waals surface area contributed by atoms with E-state index in [0.717, 1.165) is 43.1 Å². The van der Waals surface area contributed by atoms with Crippen molar-refractivity contribution in [1.29, 1.82) is 0 Å². The van der Waals surface area contributed by atoms with Crippen LogP contribution in [0.25, 0.3) is 0 Å². The van der Waals surface area contributed by atoms with Crippen LogP contribution in [0.1, 0.15) is 24.0 Å². The molecule has 0 bridgehead atoms. The first-order chi connectivity index (χ1) is 13.8. The Morgan fingerprint density at radius 3 is 2.59 bits per heavy atom. The van der Waals surface area contributed by atoms with Crippen LogP contribution in [0.4, 0.5) is 18.9 Å². The van der Waals surface area contributed by atoms with Gasteiger partial charge in [-0.25, -0.2) is 0 Å². The summed E-state index contributed by atoms with van der Waals surface area (Å²) in [5.41, 5.74) is 0.281. The van der Waals surface area contributed by atoms with Crippen LogP contribution in [0, 0.1) is 5.92 Å². The lowest BCUT2D eigenvalue weighted by Crippen LogP contribution is -2.37. The highest BCUT2D eigenvalue weighted by molar-refractivity contribution is 6.31. The fourth-order valence-electron chi connectivity index (χ4n) is 3.45. The highest BCUT2D eigenvalue weighted by Gasteiger charge is 2.33. The van der Waals surface area contributed by atoms with Crippen LogP contribution in [0.3, 0.4) is 0 Å². The summed E-state index contributed by atoms with van der Waals surface area (Å²) >= 11 is 5.62. The highest BCUT2D eigenvalue weighted by atomic mass is 35.5. The summed E-state index contributed by atoms with van der Waals surface area (Å²) in [6.45, 7) is 2.24. The molecule has 4 nitrogen and oxygen atoms in total. The Labute approximate surface area is 172 Å². The van der Waals surface area contributed by atoms with Crippen molar-refractivity contribution < 1.29 is 22.7 Å². The summed E-state index contributed by atoms with van der Waals surface area (Å²) in [6, 6.07) is 11.2. The molecule has 8 heteroatoms. The van der Waals surface area contributed by atoms with E-state index in [1.165, 1.54) is 6.07 Å². The quantitative estimate of drug-likeness (QED) is 0.712. The predicted molar refractivity (Wildman–Crippen MR) is 106 cm³/mol. The first-order valence-electron chi connectivity index (χ1n) is 9.29. The van der Waals surface area contributed by atoms with Crippen LogP contribution >= 0.6 is 11.6 Å². The molecule has 0 atom stereocenters. The van der Waals surface area contributed by atoms with Gasteiger partial charge in [0.2, 0.25) is 5.91 Å². The number of hydrogen-bond acceptors (Lipinski definition) is 3. The smallest absolute Gasteiger partial charge is 0.417 e. The van der Waals surface area contributed by atoms with Crippen LogP contribution in [0.15, 0.2) is 42.5 Å². The topological polar surface area (TPSA) is 41.6 Å². The van der Waals surface area contributed by atoms with Crippen molar-refractivity contribution in [1.82, 2.24) is 4.90 Å². The Kier molecular flexibility index (Phi) is 6.70. The van der Waals surface area contributed by atoms with E-state index >= 15 is 0 Å². The number of hydrogen-bond donors (Lipinski definition) is 1. The molecule has 0 unspecified atom stereocenters. The number of carbonyl (C=O) groups is 1. The Morgan fingerprint density at radius 1 is 1.21 bits per heavy atom. The summed E-state index contributed by atoms with van der Waals surface area (Å²) in [5, 5.41) is 2.21. The normalized spacial score (nSPS) is 15.9. The lowest BCUT2D eigenvalue weighted by Gasteiger charge is -2.31. The van der Waals surface area contributed by atoms with Gasteiger partial charge in [-0.2, -0.15) is 13.2 Å². The van der Waals surface area contributed by atoms with E-state index in [2.05, 4.69) is 10.2 Å². The molecule has 1 aliphatic heterocycles. The van der Waals surface area contributed by atoms with Crippen LogP contribution < -0.4 is 10.1 Å². The molecule has 1 heterocycles. The van der Waals surface area contributed by atoms with Gasteiger partial charge in [0, 0.05) is 18.2 Å². The molecule has 156 valence electrons. The summed E-state index contributed by atoms with van der Waals surface area (Å²) in [6.07, 6.45) is -3.27. The molecule has 0 aliphatic carbocycles. The molecule has 0 radical (unpaired) electrons. The van der Waals surface area contributed by atoms with Gasteiger partial charge < -0.3 is 10.1 Å². The molecular weight excluding hydrogens is 405 g/mol. The maximum Gasteiger partial charge on any atom is 0.417 e. The van der Waals surface area contributed by atoms with Crippen molar-refractivity contribution >= 4 is 23.2 Å². The van der Waals surface area contributed by atoms with Crippen LogP contribution in [-0.4, -0.2) is 31.0 Å². The van der Waals surface area contributed by atoms with Gasteiger partial charge in [0.15, 0.2) is 0 Å². The number of anilines is 1. The SMILES string of the molecule is COc1cccc(CN2CCC(C(=O)Nc3ccc(Cl)c(C(F)(F)F)c3)CC2)c1. The van der Waals surface area contributed by atoms with Gasteiger partial charge in [-0.1, -0.05) is 23.7 Å². The van der Waals surface area contributed by atoms with E-state index in [0.29, 0.717) is 12.8 Å². The monoisotopic (exact) mass is 426 g/mol. The molecule has 3 rings (SSSR count). The minimum Gasteiger partial charge on any atom is -0.497 e. The maximum absolute atomic E-state index is 13.0. The number of piperidine rings is 1. The number of likely N-dealkylation sites (tertiary alicyclic amines) is 1. The predicted octanol–water partition coefficient (Wildman–Crippen LogP) is 5.22. The number of ether oxygens (including phenoxy) is 1. The van der Waals surface area contributed by atoms with Gasteiger partial charge in [-0.3, -0.25) is 9.69 Å². The van der Waals surface area contributed by atoms with Crippen molar-refractivity contribution in [3.8, 4) is 5.75 Å². The fraction of sp³-hybridized carbons (Fsp3) is 0.381. The molecule has 0 saturated carbocycles. The van der Waals surface area contributed by atoms with E-state index in [4.69, 9.17) is 16.3 Å². The zero-order valence-corrected chi connectivity index (χ0v) is 16.7. The molecule has 1 aliphatic rings. The number of halogens is 4. The number of nitrogens with zero attached hydrogens (tertiary/aromatic N) is 1. The molecule has 2 aromatic carbocycles. The second-order valence-electron chi connectivity index (χ2n) is 7.08. The van der Waals surface area contributed by atoms with Gasteiger partial charge in [-0.05, 0) is 61.8 Å². The van der Waals surface area contributed by atoms with Gasteiger partial charge in [0.1, 0.15) is 5.75 Å². The third-order valence-electron chi connectivity index (χ3n) is 5.04. The number of rotatable bonds is 5. The van der Waals surface area contributed by atoms with Crippen molar-refractivity contribution in [2.75, 3.05) is 25.5 Å². The summed E-state index contributed by atoms with van der Waals surface area (Å²) in [4.78, 5) is 14.8. The Balaban J connectivity index is 1.55. The summed E-state index contributed by atoms with van der Waals surface area (Å²) in [5.74, 6) is 0.306. The van der Waals surface area contributed by atoms with Crippen molar-refractivity contribution in [3.05, 3.63) is 58.6 Å². The molecule has 1 amide bonds. The lowest BCUT2D eigenvalue weighted by molar-refractivity contribution is -0.137. The second kappa shape index (κ2) is 9.05. The van der Waals surface area contributed by atoms with E-state index in [1.54, 1.807) is 7.11 Å². The van der Waals surface area contributed by atoms with E-state index in [1.807, 2.05) is 24.3 Å². The molecule has 0 aromatic heterocycles. The number of amides is 1. The maximum atomic E-state index is 13.0. The van der Waals surface area contributed by atoms with Crippen molar-refractivity contribution in [2.45, 2.75) is 25.6 Å². The fourth-order valence-corrected chi connectivity index (χ4v) is 3.67. The molecule has 1 saturated heterocycles. The third kappa shape index (κ3) is 5.64. The highest BCUT2D eigenvalue weighted by Crippen LogP contribution is 2.36. The van der Waals surface area contributed by atoms with Crippen LogP contribution in [0.2, 0.25) is 5.02 Å². The number of carbonyl (C=O) groups excluding carboxylic acids is 1. The molecular formula is C21H22ClF3N2O2. The Morgan fingerprint density at radius 2 is 1.93 bits per heavy atom. The van der Waals surface area contributed by atoms with Crippen molar-refractivity contribution in [3.63, 3.8) is 0 Å². The average molecular weight is 427 g/mol. The second-order valence-corrected chi connectivity index (χ2v) is 7.49. The molecule has 1 fully saturated rings. The molecule has 29 heavy (non-hydrogen) atoms. The molecule has 0 spiro atoms. The number of nitrogens with one attached hydrogen (secondary N) is 1. The van der Waals surface area contributed by atoms with Gasteiger partial charge >= 0.3 is 6.18 Å². The van der Waals surface area contributed by atoms with Crippen molar-refractivity contribution in [2.24, 2.45) is 5.92 Å². The zero-order valence-electron chi connectivity index (χ0n) is 15.9. The standard InChI is InChI=1S/C21H22ClF3N2O2/c1-29-17-4-2-3-14(11-17)13-27-9-7-15(8-10-27)20(28)26-16-5-6-19(22)18(12-16)21(23,24)25/h2-6,11-12,15H,7-10,13H2,1H3,(H,26,28). The van der Waals surface area contributed by atoms with Crippen LogP contribution in [-0.2, 0) is 17.5 Å². The van der Waals surface area contributed by atoms with E-state index in [9.17, 15) is 18.0 Å². The van der Waals surface area contributed by atoms with Gasteiger partial charge in [-0.15, -0.1) is 0 Å². The largest absolute Gasteiger partial charge is 0.497 e. The third-order valence-corrected chi connectivity index (χ3v) is 5.37. The lowest BCUT2D eigenvalue weighted by atomic mass is 9.95. The summed E-state index contributed by atoms with van der Waals surface area (Å²) in [7, 11) is 1.63. The summed E-state index contributed by atoms with van der Waals surface area (Å²) < 4.78 is 44.2. The Hall–Kier alpha value is -2.25. The Bertz CT molecular complexity index is 865. The minimum absolute atomic E-state index is 0.102. The van der Waals surface area contributed by atoms with E-state index in [-0.39, 0.29) is 22.5 Å². The zero-order chi connectivity index (χ0) is 21.0. The average Bonchev–Trinajstić information content (AvgIpc) is 2.69. The molecule has 2 aromatic rings. The van der Waals surface area contributed by atoms with Gasteiger partial charge in [0.25, 0.3) is 0 Å². The van der Waals surface area contributed by atoms with Crippen LogP contribution in [0.5, 0.6) is 5.75 Å². The first-order valence-corrected chi connectivity index (χ1v) is 9.67.